The second-order valence-electron chi connectivity index (χ2n) is 8.41. The second kappa shape index (κ2) is 9.83. The zero-order valence-electron chi connectivity index (χ0n) is 18.8. The van der Waals surface area contributed by atoms with Gasteiger partial charge >= 0.3 is 0 Å². The Morgan fingerprint density at radius 3 is 2.16 bits per heavy atom. The van der Waals surface area contributed by atoms with Gasteiger partial charge in [0.1, 0.15) is 0 Å². The van der Waals surface area contributed by atoms with Crippen molar-refractivity contribution in [2.75, 3.05) is 29.9 Å². The molecule has 1 aliphatic heterocycles. The van der Waals surface area contributed by atoms with Gasteiger partial charge in [0, 0.05) is 43.0 Å². The fourth-order valence-corrected chi connectivity index (χ4v) is 5.51. The molecule has 0 radical (unpaired) electrons. The summed E-state index contributed by atoms with van der Waals surface area (Å²) < 4.78 is 27.2. The molecule has 3 rings (SSSR count). The lowest BCUT2D eigenvalue weighted by molar-refractivity contribution is -0.120. The molecule has 1 amide bonds. The van der Waals surface area contributed by atoms with Crippen LogP contribution >= 0.6 is 0 Å². The van der Waals surface area contributed by atoms with Crippen LogP contribution in [0, 0.1) is 12.8 Å². The first-order valence-electron chi connectivity index (χ1n) is 11.0. The van der Waals surface area contributed by atoms with E-state index in [-0.39, 0.29) is 11.8 Å². The number of hydrogen-bond donors (Lipinski definition) is 1. The van der Waals surface area contributed by atoms with Crippen LogP contribution in [-0.2, 0) is 14.8 Å². The number of sulfonamides is 1. The van der Waals surface area contributed by atoms with Crippen molar-refractivity contribution in [2.45, 2.75) is 51.5 Å². The molecule has 0 saturated carbocycles. The van der Waals surface area contributed by atoms with Gasteiger partial charge in [0.25, 0.3) is 0 Å². The Balaban J connectivity index is 1.57. The van der Waals surface area contributed by atoms with Crippen LogP contribution in [0.15, 0.2) is 53.4 Å². The lowest BCUT2D eigenvalue weighted by atomic mass is 9.97. The molecular weight excluding hydrogens is 410 g/mol. The Kier molecular flexibility index (Phi) is 7.38. The van der Waals surface area contributed by atoms with E-state index in [1.54, 1.807) is 24.3 Å². The predicted molar refractivity (Wildman–Crippen MR) is 126 cm³/mol. The first-order valence-corrected chi connectivity index (χ1v) is 12.4. The Hall–Kier alpha value is -2.38. The summed E-state index contributed by atoms with van der Waals surface area (Å²) in [6, 6.07) is 15.2. The molecule has 0 atom stereocenters. The lowest BCUT2D eigenvalue weighted by Gasteiger charge is -2.30. The van der Waals surface area contributed by atoms with Crippen molar-refractivity contribution in [3.8, 4) is 0 Å². The molecule has 1 fully saturated rings. The molecular formula is C24H33N3O3S. The highest BCUT2D eigenvalue weighted by atomic mass is 32.2. The highest BCUT2D eigenvalue weighted by Crippen LogP contribution is 2.26. The van der Waals surface area contributed by atoms with Crippen molar-refractivity contribution < 1.29 is 13.2 Å². The largest absolute Gasteiger partial charge is 0.369 e. The lowest BCUT2D eigenvalue weighted by Crippen LogP contribution is -2.41. The number of hydrogen-bond acceptors (Lipinski definition) is 4. The molecule has 168 valence electrons. The fourth-order valence-electron chi connectivity index (χ4n) is 4.04. The van der Waals surface area contributed by atoms with Gasteiger partial charge in [-0.1, -0.05) is 17.7 Å². The van der Waals surface area contributed by atoms with Crippen LogP contribution in [0.2, 0.25) is 0 Å². The predicted octanol–water partition coefficient (Wildman–Crippen LogP) is 4.27. The third-order valence-electron chi connectivity index (χ3n) is 5.91. The van der Waals surface area contributed by atoms with E-state index in [4.69, 9.17) is 0 Å². The Morgan fingerprint density at radius 1 is 1.06 bits per heavy atom. The van der Waals surface area contributed by atoms with Crippen molar-refractivity contribution in [2.24, 2.45) is 5.92 Å². The highest BCUT2D eigenvalue weighted by Gasteiger charge is 2.32. The molecule has 2 aromatic rings. The molecule has 1 N–H and O–H groups in total. The summed E-state index contributed by atoms with van der Waals surface area (Å²) in [7, 11) is -3.51. The summed E-state index contributed by atoms with van der Waals surface area (Å²) >= 11 is 0. The number of nitrogens with zero attached hydrogens (tertiary/aromatic N) is 2. The Morgan fingerprint density at radius 2 is 1.65 bits per heavy atom. The van der Waals surface area contributed by atoms with Crippen LogP contribution in [0.5, 0.6) is 0 Å². The number of benzene rings is 2. The molecule has 1 heterocycles. The van der Waals surface area contributed by atoms with E-state index in [2.05, 4.69) is 31.0 Å². The van der Waals surface area contributed by atoms with Gasteiger partial charge in [-0.15, -0.1) is 0 Å². The van der Waals surface area contributed by atoms with Gasteiger partial charge in [-0.25, -0.2) is 8.42 Å². The van der Waals surface area contributed by atoms with Crippen LogP contribution < -0.4 is 10.2 Å². The standard InChI is InChI=1S/C24H33N3O3S/c1-5-27(18(2)3)22-10-8-21(9-11-22)25-24(28)20-14-16-26(17-15-20)31(29,30)23-12-6-19(4)7-13-23/h6-13,18,20H,5,14-17H2,1-4H3,(H,25,28). The zero-order chi connectivity index (χ0) is 22.6. The molecule has 6 nitrogen and oxygen atoms in total. The summed E-state index contributed by atoms with van der Waals surface area (Å²) in [5, 5.41) is 2.99. The van der Waals surface area contributed by atoms with Crippen LogP contribution in [0.3, 0.4) is 0 Å². The minimum atomic E-state index is -3.51. The van der Waals surface area contributed by atoms with E-state index < -0.39 is 10.0 Å². The first kappa shape index (κ1) is 23.3. The third-order valence-corrected chi connectivity index (χ3v) is 7.83. The maximum atomic E-state index is 12.8. The number of carbonyl (C=O) groups is 1. The van der Waals surface area contributed by atoms with Gasteiger partial charge in [0.05, 0.1) is 4.90 Å². The number of piperidine rings is 1. The molecule has 1 aliphatic rings. The average Bonchev–Trinajstić information content (AvgIpc) is 2.75. The van der Waals surface area contributed by atoms with Gasteiger partial charge in [-0.05, 0) is 76.9 Å². The van der Waals surface area contributed by atoms with Crippen LogP contribution in [0.4, 0.5) is 11.4 Å². The third kappa shape index (κ3) is 5.46. The average molecular weight is 444 g/mol. The molecule has 2 aromatic carbocycles. The van der Waals surface area contributed by atoms with Crippen LogP contribution in [0.25, 0.3) is 0 Å². The topological polar surface area (TPSA) is 69.7 Å². The molecule has 31 heavy (non-hydrogen) atoms. The molecule has 0 aromatic heterocycles. The van der Waals surface area contributed by atoms with E-state index in [1.807, 2.05) is 31.2 Å². The summed E-state index contributed by atoms with van der Waals surface area (Å²) in [5.74, 6) is -0.233. The second-order valence-corrected chi connectivity index (χ2v) is 10.3. The molecule has 0 bridgehead atoms. The number of amides is 1. The SMILES string of the molecule is CCN(c1ccc(NC(=O)C2CCN(S(=O)(=O)c3ccc(C)cc3)CC2)cc1)C(C)C. The minimum absolute atomic E-state index is 0.0451. The molecule has 0 spiro atoms. The molecule has 0 aliphatic carbocycles. The van der Waals surface area contributed by atoms with Crippen LogP contribution in [-0.4, -0.2) is 44.3 Å². The number of aryl methyl sites for hydroxylation is 1. The Bertz CT molecular complexity index is 978. The van der Waals surface area contributed by atoms with E-state index in [0.717, 1.165) is 23.5 Å². The summed E-state index contributed by atoms with van der Waals surface area (Å²) in [6.07, 6.45) is 1.04. The molecule has 1 saturated heterocycles. The van der Waals surface area contributed by atoms with Crippen molar-refractivity contribution in [3.05, 3.63) is 54.1 Å². The van der Waals surface area contributed by atoms with E-state index in [0.29, 0.717) is 36.9 Å². The van der Waals surface area contributed by atoms with E-state index in [9.17, 15) is 13.2 Å². The van der Waals surface area contributed by atoms with Crippen LogP contribution in [0.1, 0.15) is 39.2 Å². The maximum absolute atomic E-state index is 12.8. The smallest absolute Gasteiger partial charge is 0.243 e. The number of carbonyl (C=O) groups excluding carboxylic acids is 1. The molecule has 0 unspecified atom stereocenters. The van der Waals surface area contributed by atoms with E-state index >= 15 is 0 Å². The van der Waals surface area contributed by atoms with Gasteiger partial charge in [-0.3, -0.25) is 4.79 Å². The highest BCUT2D eigenvalue weighted by molar-refractivity contribution is 7.89. The number of rotatable bonds is 7. The monoisotopic (exact) mass is 443 g/mol. The Labute approximate surface area is 186 Å². The maximum Gasteiger partial charge on any atom is 0.243 e. The summed E-state index contributed by atoms with van der Waals surface area (Å²) in [6.45, 7) is 10.0. The summed E-state index contributed by atoms with van der Waals surface area (Å²) in [4.78, 5) is 15.3. The number of anilines is 2. The quantitative estimate of drug-likeness (QED) is 0.694. The summed E-state index contributed by atoms with van der Waals surface area (Å²) in [5.41, 5.74) is 2.92. The van der Waals surface area contributed by atoms with Gasteiger partial charge in [-0.2, -0.15) is 4.31 Å². The van der Waals surface area contributed by atoms with Crippen molar-refractivity contribution in [1.29, 1.82) is 0 Å². The minimum Gasteiger partial charge on any atom is -0.369 e. The van der Waals surface area contributed by atoms with Gasteiger partial charge < -0.3 is 10.2 Å². The van der Waals surface area contributed by atoms with Crippen molar-refractivity contribution >= 4 is 27.3 Å². The first-order chi connectivity index (χ1) is 14.7. The zero-order valence-corrected chi connectivity index (χ0v) is 19.7. The van der Waals surface area contributed by atoms with E-state index in [1.165, 1.54) is 4.31 Å². The van der Waals surface area contributed by atoms with Gasteiger partial charge in [0.2, 0.25) is 15.9 Å². The van der Waals surface area contributed by atoms with Crippen molar-refractivity contribution in [1.82, 2.24) is 4.31 Å². The van der Waals surface area contributed by atoms with Gasteiger partial charge in [0.15, 0.2) is 0 Å². The van der Waals surface area contributed by atoms with Crippen molar-refractivity contribution in [3.63, 3.8) is 0 Å². The molecule has 7 heteroatoms. The normalized spacial score (nSPS) is 15.8. The fraction of sp³-hybridized carbons (Fsp3) is 0.458. The number of nitrogens with one attached hydrogen (secondary N) is 1.